The van der Waals surface area contributed by atoms with E-state index in [-0.39, 0.29) is 5.91 Å². The van der Waals surface area contributed by atoms with Crippen molar-refractivity contribution in [2.75, 3.05) is 67.5 Å². The van der Waals surface area contributed by atoms with Crippen LogP contribution in [0.1, 0.15) is 5.56 Å². The summed E-state index contributed by atoms with van der Waals surface area (Å²) in [7, 11) is 0. The molecule has 3 heterocycles. The molecule has 2 aliphatic rings. The molecular formula is C24H30N8OS. The minimum absolute atomic E-state index is 0.0223. The summed E-state index contributed by atoms with van der Waals surface area (Å²) in [5.41, 5.74) is 3.05. The Labute approximate surface area is 204 Å². The molecule has 2 aliphatic heterocycles. The maximum atomic E-state index is 12.7. The van der Waals surface area contributed by atoms with Gasteiger partial charge in [0.25, 0.3) is 0 Å². The minimum atomic E-state index is 0.0223. The van der Waals surface area contributed by atoms with E-state index in [1.807, 2.05) is 54.2 Å². The smallest absolute Gasteiger partial charge is 0.250 e. The lowest BCUT2D eigenvalue weighted by Crippen LogP contribution is -2.49. The fraction of sp³-hybridized carbons (Fsp3) is 0.417. The number of nitrogens with zero attached hydrogens (tertiary/aromatic N) is 7. The number of carbonyl (C=O) groups is 1. The average molecular weight is 479 g/mol. The zero-order chi connectivity index (χ0) is 23.2. The number of carbonyl (C=O) groups excluding carboxylic acids is 1. The molecule has 1 amide bonds. The third-order valence-corrected chi connectivity index (χ3v) is 7.14. The summed E-state index contributed by atoms with van der Waals surface area (Å²) < 4.78 is 1.76. The maximum absolute atomic E-state index is 12.7. The second-order valence-electron chi connectivity index (χ2n) is 8.63. The predicted octanol–water partition coefficient (Wildman–Crippen LogP) is 1.97. The van der Waals surface area contributed by atoms with Crippen LogP contribution in [0.5, 0.6) is 0 Å². The summed E-state index contributed by atoms with van der Waals surface area (Å²) in [6, 6.07) is 18.1. The molecule has 0 aliphatic carbocycles. The summed E-state index contributed by atoms with van der Waals surface area (Å²) in [6.07, 6.45) is 0. The molecule has 0 atom stereocenters. The average Bonchev–Trinajstić information content (AvgIpc) is 3.36. The van der Waals surface area contributed by atoms with Crippen LogP contribution in [0.15, 0.2) is 54.6 Å². The molecule has 0 bridgehead atoms. The first-order chi connectivity index (χ1) is 16.7. The maximum Gasteiger partial charge on any atom is 0.250 e. The number of rotatable bonds is 7. The van der Waals surface area contributed by atoms with Gasteiger partial charge in [-0.1, -0.05) is 35.4 Å². The number of nitrogens with one attached hydrogen (secondary N) is 1. The molecule has 1 N–H and O–H groups in total. The van der Waals surface area contributed by atoms with Gasteiger partial charge < -0.3 is 10.2 Å². The van der Waals surface area contributed by atoms with Crippen molar-refractivity contribution in [1.29, 1.82) is 0 Å². The Hall–Kier alpha value is -2.95. The lowest BCUT2D eigenvalue weighted by Gasteiger charge is -2.34. The number of tetrazole rings is 1. The van der Waals surface area contributed by atoms with Gasteiger partial charge in [0.2, 0.25) is 11.9 Å². The Morgan fingerprint density at radius 2 is 1.71 bits per heavy atom. The van der Waals surface area contributed by atoms with E-state index < -0.39 is 0 Å². The molecule has 0 unspecified atom stereocenters. The number of hydrogen-bond acceptors (Lipinski definition) is 8. The largest absolute Gasteiger partial charge is 0.337 e. The molecule has 0 radical (unpaired) electrons. The van der Waals surface area contributed by atoms with E-state index in [0.717, 1.165) is 63.1 Å². The highest BCUT2D eigenvalue weighted by Crippen LogP contribution is 2.18. The standard InChI is InChI=1S/C24H30N8OS/c33-23(25-21-6-4-5-20(17-21)18-30-13-15-34-16-14-30)19-29-9-11-31(12-10-29)24-26-27-28-32(24)22-7-2-1-3-8-22/h1-8,17H,9-16,18-19H2,(H,25,33). The Morgan fingerprint density at radius 3 is 2.50 bits per heavy atom. The highest BCUT2D eigenvalue weighted by atomic mass is 32.2. The number of aromatic nitrogens is 4. The quantitative estimate of drug-likeness (QED) is 0.552. The lowest BCUT2D eigenvalue weighted by molar-refractivity contribution is -0.117. The van der Waals surface area contributed by atoms with E-state index >= 15 is 0 Å². The molecule has 2 aromatic carbocycles. The van der Waals surface area contributed by atoms with Crippen molar-refractivity contribution in [3.05, 3.63) is 60.2 Å². The van der Waals surface area contributed by atoms with Crippen molar-refractivity contribution in [3.63, 3.8) is 0 Å². The van der Waals surface area contributed by atoms with Gasteiger partial charge in [0.1, 0.15) is 0 Å². The number of piperazine rings is 1. The zero-order valence-electron chi connectivity index (χ0n) is 19.2. The minimum Gasteiger partial charge on any atom is -0.337 e. The topological polar surface area (TPSA) is 82.4 Å². The summed E-state index contributed by atoms with van der Waals surface area (Å²) >= 11 is 2.02. The summed E-state index contributed by atoms with van der Waals surface area (Å²) in [4.78, 5) is 19.5. The number of amides is 1. The zero-order valence-corrected chi connectivity index (χ0v) is 20.0. The molecule has 34 heavy (non-hydrogen) atoms. The third kappa shape index (κ3) is 5.75. The van der Waals surface area contributed by atoms with Gasteiger partial charge in [-0.15, -0.1) is 0 Å². The molecule has 2 saturated heterocycles. The predicted molar refractivity (Wildman–Crippen MR) is 135 cm³/mol. The van der Waals surface area contributed by atoms with Gasteiger partial charge >= 0.3 is 0 Å². The highest BCUT2D eigenvalue weighted by Gasteiger charge is 2.23. The van der Waals surface area contributed by atoms with E-state index in [4.69, 9.17) is 0 Å². The lowest BCUT2D eigenvalue weighted by atomic mass is 10.2. The Kier molecular flexibility index (Phi) is 7.37. The van der Waals surface area contributed by atoms with E-state index in [9.17, 15) is 4.79 Å². The second-order valence-corrected chi connectivity index (χ2v) is 9.85. The van der Waals surface area contributed by atoms with Crippen molar-refractivity contribution in [3.8, 4) is 5.69 Å². The molecular weight excluding hydrogens is 448 g/mol. The molecule has 1 aromatic heterocycles. The van der Waals surface area contributed by atoms with Gasteiger partial charge in [0.05, 0.1) is 12.2 Å². The molecule has 3 aromatic rings. The van der Waals surface area contributed by atoms with Crippen molar-refractivity contribution in [2.24, 2.45) is 0 Å². The van der Waals surface area contributed by atoms with E-state index in [2.05, 4.69) is 47.7 Å². The van der Waals surface area contributed by atoms with Gasteiger partial charge in [-0.05, 0) is 40.3 Å². The van der Waals surface area contributed by atoms with Crippen LogP contribution in [0.25, 0.3) is 5.69 Å². The summed E-state index contributed by atoms with van der Waals surface area (Å²) in [5, 5.41) is 15.3. The van der Waals surface area contributed by atoms with Crippen LogP contribution in [0, 0.1) is 0 Å². The fourth-order valence-electron chi connectivity index (χ4n) is 4.39. The van der Waals surface area contributed by atoms with Crippen LogP contribution >= 0.6 is 11.8 Å². The highest BCUT2D eigenvalue weighted by molar-refractivity contribution is 7.99. The van der Waals surface area contributed by atoms with Gasteiger partial charge in [-0.3, -0.25) is 14.6 Å². The summed E-state index contributed by atoms with van der Waals surface area (Å²) in [6.45, 7) is 6.67. The number of anilines is 2. The van der Waals surface area contributed by atoms with Gasteiger partial charge in [-0.25, -0.2) is 0 Å². The SMILES string of the molecule is O=C(CN1CCN(c2nnnn2-c2ccccc2)CC1)Nc1cccc(CN2CCSCC2)c1. The van der Waals surface area contributed by atoms with Crippen LogP contribution < -0.4 is 10.2 Å². The van der Waals surface area contributed by atoms with Crippen molar-refractivity contribution in [1.82, 2.24) is 30.0 Å². The molecule has 5 rings (SSSR count). The number of para-hydroxylation sites is 1. The Bertz CT molecular complexity index is 1080. The molecule has 0 spiro atoms. The molecule has 2 fully saturated rings. The number of thioether (sulfide) groups is 1. The molecule has 10 heteroatoms. The number of hydrogen-bond donors (Lipinski definition) is 1. The van der Waals surface area contributed by atoms with Crippen molar-refractivity contribution in [2.45, 2.75) is 6.54 Å². The van der Waals surface area contributed by atoms with Crippen LogP contribution in [0.2, 0.25) is 0 Å². The van der Waals surface area contributed by atoms with Gasteiger partial charge in [0, 0.05) is 63.0 Å². The Morgan fingerprint density at radius 1 is 0.912 bits per heavy atom. The van der Waals surface area contributed by atoms with Crippen LogP contribution in [-0.4, -0.2) is 93.2 Å². The van der Waals surface area contributed by atoms with Gasteiger partial charge in [0.15, 0.2) is 0 Å². The summed E-state index contributed by atoms with van der Waals surface area (Å²) in [5.74, 6) is 3.16. The fourth-order valence-corrected chi connectivity index (χ4v) is 5.37. The van der Waals surface area contributed by atoms with E-state index in [1.165, 1.54) is 17.1 Å². The van der Waals surface area contributed by atoms with Crippen molar-refractivity contribution >= 4 is 29.3 Å². The van der Waals surface area contributed by atoms with Crippen LogP contribution in [-0.2, 0) is 11.3 Å². The molecule has 9 nitrogen and oxygen atoms in total. The molecule has 178 valence electrons. The molecule has 0 saturated carbocycles. The van der Waals surface area contributed by atoms with Crippen LogP contribution in [0.3, 0.4) is 0 Å². The van der Waals surface area contributed by atoms with Gasteiger partial charge in [-0.2, -0.15) is 16.4 Å². The Balaban J connectivity index is 1.12. The second kappa shape index (κ2) is 11.0. The van der Waals surface area contributed by atoms with E-state index in [1.54, 1.807) is 4.68 Å². The van der Waals surface area contributed by atoms with Crippen LogP contribution in [0.4, 0.5) is 11.6 Å². The first-order valence-corrected chi connectivity index (χ1v) is 12.9. The monoisotopic (exact) mass is 478 g/mol. The third-order valence-electron chi connectivity index (χ3n) is 6.20. The van der Waals surface area contributed by atoms with E-state index in [0.29, 0.717) is 6.54 Å². The van der Waals surface area contributed by atoms with Crippen molar-refractivity contribution < 1.29 is 4.79 Å². The normalized spacial score (nSPS) is 17.6. The number of benzene rings is 2. The first-order valence-electron chi connectivity index (χ1n) is 11.7. The first kappa shape index (κ1) is 22.8.